The normalized spacial score (nSPS) is 17.1. The number of nitrogens with zero attached hydrogens (tertiary/aromatic N) is 2. The molecule has 1 aromatic carbocycles. The van der Waals surface area contributed by atoms with Gasteiger partial charge in [-0.3, -0.25) is 9.48 Å². The Morgan fingerprint density at radius 3 is 2.93 bits per heavy atom. The highest BCUT2D eigenvalue weighted by Gasteiger charge is 2.19. The molecule has 8 nitrogen and oxygen atoms in total. The second-order valence-electron chi connectivity index (χ2n) is 6.47. The molecule has 1 aliphatic rings. The summed E-state index contributed by atoms with van der Waals surface area (Å²) < 4.78 is 34.7. The van der Waals surface area contributed by atoms with Crippen molar-refractivity contribution >= 4 is 15.9 Å². The lowest BCUT2D eigenvalue weighted by Crippen LogP contribution is -2.32. The number of benzene rings is 1. The zero-order chi connectivity index (χ0) is 19.3. The van der Waals surface area contributed by atoms with Gasteiger partial charge in [-0.25, -0.2) is 13.1 Å². The van der Waals surface area contributed by atoms with E-state index in [1.165, 1.54) is 12.1 Å². The molecule has 2 N–H and O–H groups in total. The fraction of sp³-hybridized carbons (Fsp3) is 0.444. The Morgan fingerprint density at radius 2 is 2.22 bits per heavy atom. The SMILES string of the molecule is Cn1nccc1CCNS(=O)(=O)c1cccc(C(=O)NC[C@@H]2CCCO2)c1. The lowest BCUT2D eigenvalue weighted by atomic mass is 10.2. The summed E-state index contributed by atoms with van der Waals surface area (Å²) in [6.45, 7) is 1.40. The zero-order valence-corrected chi connectivity index (χ0v) is 16.0. The highest BCUT2D eigenvalue weighted by Crippen LogP contribution is 2.13. The quantitative estimate of drug-likeness (QED) is 0.693. The standard InChI is InChI=1S/C18H24N4O4S/c1-22-15(7-9-20-22)8-10-21-27(24,25)17-6-2-4-14(12-17)18(23)19-13-16-5-3-11-26-16/h2,4,6-7,9,12,16,21H,3,5,8,10-11,13H2,1H3,(H,19,23)/t16-/m0/s1. The highest BCUT2D eigenvalue weighted by molar-refractivity contribution is 7.89. The number of sulfonamides is 1. The van der Waals surface area contributed by atoms with Crippen molar-refractivity contribution in [3.8, 4) is 0 Å². The minimum atomic E-state index is -3.70. The summed E-state index contributed by atoms with van der Waals surface area (Å²) in [7, 11) is -1.89. The zero-order valence-electron chi connectivity index (χ0n) is 15.2. The third kappa shape index (κ3) is 5.15. The lowest BCUT2D eigenvalue weighted by molar-refractivity contribution is 0.0857. The maximum absolute atomic E-state index is 12.5. The van der Waals surface area contributed by atoms with Gasteiger partial charge in [0.1, 0.15) is 0 Å². The number of hydrogen-bond acceptors (Lipinski definition) is 5. The molecule has 146 valence electrons. The molecule has 0 unspecified atom stereocenters. The van der Waals surface area contributed by atoms with Crippen molar-refractivity contribution in [1.29, 1.82) is 0 Å². The predicted octanol–water partition coefficient (Wildman–Crippen LogP) is 0.850. The van der Waals surface area contributed by atoms with Gasteiger partial charge in [-0.05, 0) is 37.1 Å². The largest absolute Gasteiger partial charge is 0.376 e. The van der Waals surface area contributed by atoms with Crippen LogP contribution in [-0.2, 0) is 28.2 Å². The maximum atomic E-state index is 12.5. The van der Waals surface area contributed by atoms with Gasteiger partial charge in [0.2, 0.25) is 10.0 Å². The number of ether oxygens (including phenoxy) is 1. The molecule has 27 heavy (non-hydrogen) atoms. The molecule has 0 saturated carbocycles. The molecular weight excluding hydrogens is 368 g/mol. The molecule has 1 fully saturated rings. The van der Waals surface area contributed by atoms with E-state index in [9.17, 15) is 13.2 Å². The van der Waals surface area contributed by atoms with Crippen molar-refractivity contribution in [3.05, 3.63) is 47.8 Å². The van der Waals surface area contributed by atoms with Crippen molar-refractivity contribution in [2.24, 2.45) is 7.05 Å². The molecule has 0 bridgehead atoms. The molecule has 1 amide bonds. The fourth-order valence-electron chi connectivity index (χ4n) is 2.96. The van der Waals surface area contributed by atoms with Gasteiger partial charge >= 0.3 is 0 Å². The van der Waals surface area contributed by atoms with Gasteiger partial charge in [0.05, 0.1) is 11.0 Å². The van der Waals surface area contributed by atoms with E-state index in [-0.39, 0.29) is 23.5 Å². The third-order valence-electron chi connectivity index (χ3n) is 4.52. The molecular formula is C18H24N4O4S. The van der Waals surface area contributed by atoms with Crippen LogP contribution in [-0.4, -0.2) is 49.9 Å². The van der Waals surface area contributed by atoms with Crippen LogP contribution in [0, 0.1) is 0 Å². The van der Waals surface area contributed by atoms with E-state index in [1.807, 2.05) is 13.1 Å². The van der Waals surface area contributed by atoms with Gasteiger partial charge in [0, 0.05) is 50.6 Å². The first-order valence-electron chi connectivity index (χ1n) is 8.92. The molecule has 0 aliphatic carbocycles. The van der Waals surface area contributed by atoms with Crippen LogP contribution in [0.25, 0.3) is 0 Å². The van der Waals surface area contributed by atoms with Crippen LogP contribution in [0.5, 0.6) is 0 Å². The Hall–Kier alpha value is -2.23. The van der Waals surface area contributed by atoms with E-state index in [1.54, 1.807) is 23.0 Å². The van der Waals surface area contributed by atoms with Gasteiger partial charge in [0.25, 0.3) is 5.91 Å². The molecule has 2 heterocycles. The molecule has 0 spiro atoms. The minimum absolute atomic E-state index is 0.0366. The van der Waals surface area contributed by atoms with Crippen molar-refractivity contribution in [2.75, 3.05) is 19.7 Å². The Kier molecular flexibility index (Phi) is 6.25. The van der Waals surface area contributed by atoms with Crippen LogP contribution >= 0.6 is 0 Å². The predicted molar refractivity (Wildman–Crippen MR) is 99.8 cm³/mol. The summed E-state index contributed by atoms with van der Waals surface area (Å²) in [6.07, 6.45) is 4.16. The number of rotatable bonds is 8. The van der Waals surface area contributed by atoms with E-state index < -0.39 is 10.0 Å². The molecule has 2 aromatic rings. The second kappa shape index (κ2) is 8.64. The van der Waals surface area contributed by atoms with Crippen LogP contribution in [0.1, 0.15) is 28.9 Å². The number of carbonyl (C=O) groups excluding carboxylic acids is 1. The van der Waals surface area contributed by atoms with Crippen LogP contribution < -0.4 is 10.0 Å². The minimum Gasteiger partial charge on any atom is -0.376 e. The number of aromatic nitrogens is 2. The summed E-state index contributed by atoms with van der Waals surface area (Å²) >= 11 is 0. The Labute approximate surface area is 159 Å². The van der Waals surface area contributed by atoms with Gasteiger partial charge in [-0.1, -0.05) is 6.07 Å². The smallest absolute Gasteiger partial charge is 0.251 e. The Morgan fingerprint density at radius 1 is 1.37 bits per heavy atom. The number of aryl methyl sites for hydroxylation is 1. The van der Waals surface area contributed by atoms with E-state index in [0.29, 0.717) is 18.5 Å². The van der Waals surface area contributed by atoms with E-state index >= 15 is 0 Å². The van der Waals surface area contributed by atoms with E-state index in [0.717, 1.165) is 25.1 Å². The number of amides is 1. The number of carbonyl (C=O) groups is 1. The van der Waals surface area contributed by atoms with Gasteiger partial charge in [-0.2, -0.15) is 5.10 Å². The highest BCUT2D eigenvalue weighted by atomic mass is 32.2. The summed E-state index contributed by atoms with van der Waals surface area (Å²) in [5.74, 6) is -0.308. The summed E-state index contributed by atoms with van der Waals surface area (Å²) in [5, 5.41) is 6.85. The molecule has 1 saturated heterocycles. The van der Waals surface area contributed by atoms with Crippen LogP contribution in [0.15, 0.2) is 41.4 Å². The van der Waals surface area contributed by atoms with Gasteiger partial charge < -0.3 is 10.1 Å². The third-order valence-corrected chi connectivity index (χ3v) is 5.98. The summed E-state index contributed by atoms with van der Waals surface area (Å²) in [5.41, 5.74) is 1.24. The topological polar surface area (TPSA) is 102 Å². The molecule has 9 heteroatoms. The van der Waals surface area contributed by atoms with E-state index in [2.05, 4.69) is 15.1 Å². The average molecular weight is 392 g/mol. The maximum Gasteiger partial charge on any atom is 0.251 e. The number of nitrogens with one attached hydrogen (secondary N) is 2. The van der Waals surface area contributed by atoms with E-state index in [4.69, 9.17) is 4.74 Å². The van der Waals surface area contributed by atoms with Crippen LogP contribution in [0.3, 0.4) is 0 Å². The second-order valence-corrected chi connectivity index (χ2v) is 8.23. The Bertz CT molecular complexity index is 888. The summed E-state index contributed by atoms with van der Waals surface area (Å²) in [4.78, 5) is 12.4. The van der Waals surface area contributed by atoms with Gasteiger partial charge in [0.15, 0.2) is 0 Å². The molecule has 3 rings (SSSR count). The first kappa shape index (κ1) is 19.5. The molecule has 1 atom stereocenters. The van der Waals surface area contributed by atoms with Crippen molar-refractivity contribution in [3.63, 3.8) is 0 Å². The number of hydrogen-bond donors (Lipinski definition) is 2. The van der Waals surface area contributed by atoms with Crippen LogP contribution in [0.2, 0.25) is 0 Å². The molecule has 1 aliphatic heterocycles. The lowest BCUT2D eigenvalue weighted by Gasteiger charge is -2.12. The first-order chi connectivity index (χ1) is 13.0. The van der Waals surface area contributed by atoms with Crippen molar-refractivity contribution in [2.45, 2.75) is 30.3 Å². The van der Waals surface area contributed by atoms with Crippen LogP contribution in [0.4, 0.5) is 0 Å². The van der Waals surface area contributed by atoms with Crippen molar-refractivity contribution < 1.29 is 17.9 Å². The molecule has 1 aromatic heterocycles. The average Bonchev–Trinajstić information content (AvgIpc) is 3.32. The first-order valence-corrected chi connectivity index (χ1v) is 10.4. The fourth-order valence-corrected chi connectivity index (χ4v) is 4.04. The monoisotopic (exact) mass is 392 g/mol. The summed E-state index contributed by atoms with van der Waals surface area (Å²) in [6, 6.07) is 7.87. The van der Waals surface area contributed by atoms with Gasteiger partial charge in [-0.15, -0.1) is 0 Å². The molecule has 0 radical (unpaired) electrons. The van der Waals surface area contributed by atoms with Crippen molar-refractivity contribution in [1.82, 2.24) is 19.8 Å². The Balaban J connectivity index is 1.59.